The largest absolute Gasteiger partial charge is 0.364 e. The lowest BCUT2D eigenvalue weighted by atomic mass is 9.81. The molecule has 0 aliphatic carbocycles. The number of hydrogen-bond acceptors (Lipinski definition) is 1. The van der Waals surface area contributed by atoms with E-state index >= 15 is 0 Å². The van der Waals surface area contributed by atoms with E-state index in [1.54, 1.807) is 7.11 Å². The monoisotopic (exact) mass is 238 g/mol. The first-order chi connectivity index (χ1) is 8.71. The lowest BCUT2D eigenvalue weighted by Crippen LogP contribution is -2.31. The van der Waals surface area contributed by atoms with E-state index in [1.807, 2.05) is 43.3 Å². The summed E-state index contributed by atoms with van der Waals surface area (Å²) in [6, 6.07) is 20.4. The van der Waals surface area contributed by atoms with E-state index in [2.05, 4.69) is 30.8 Å². The summed E-state index contributed by atoms with van der Waals surface area (Å²) in [5, 5.41) is 0. The van der Waals surface area contributed by atoms with Crippen molar-refractivity contribution in [3.8, 4) is 0 Å². The van der Waals surface area contributed by atoms with Gasteiger partial charge in [-0.3, -0.25) is 0 Å². The maximum atomic E-state index is 5.87. The van der Waals surface area contributed by atoms with Crippen molar-refractivity contribution < 1.29 is 4.74 Å². The molecule has 0 heterocycles. The summed E-state index contributed by atoms with van der Waals surface area (Å²) in [6.45, 7) is 6.13. The molecule has 2 rings (SSSR count). The van der Waals surface area contributed by atoms with Crippen molar-refractivity contribution in [3.63, 3.8) is 0 Å². The molecule has 1 heteroatoms. The normalized spacial score (nSPS) is 11.2. The maximum Gasteiger partial charge on any atom is 0.138 e. The van der Waals surface area contributed by atoms with E-state index in [-0.39, 0.29) is 0 Å². The molecule has 0 amide bonds. The molecule has 92 valence electrons. The van der Waals surface area contributed by atoms with Gasteiger partial charge in [0.1, 0.15) is 5.60 Å². The van der Waals surface area contributed by atoms with E-state index in [4.69, 9.17) is 4.74 Å². The van der Waals surface area contributed by atoms with Crippen molar-refractivity contribution in [1.82, 2.24) is 0 Å². The predicted molar refractivity (Wildman–Crippen MR) is 75.5 cm³/mol. The summed E-state index contributed by atoms with van der Waals surface area (Å²) in [4.78, 5) is 0. The molecule has 0 bridgehead atoms. The molecule has 0 spiro atoms. The average Bonchev–Trinajstić information content (AvgIpc) is 2.42. The van der Waals surface area contributed by atoms with E-state index in [0.29, 0.717) is 0 Å². The van der Waals surface area contributed by atoms with Crippen molar-refractivity contribution in [3.05, 3.63) is 83.9 Å². The van der Waals surface area contributed by atoms with E-state index in [0.717, 1.165) is 16.7 Å². The molecule has 1 nitrogen and oxygen atoms in total. The first-order valence-corrected chi connectivity index (χ1v) is 6.04. The highest BCUT2D eigenvalue weighted by molar-refractivity contribution is 5.44. The minimum Gasteiger partial charge on any atom is -0.364 e. The zero-order valence-electron chi connectivity index (χ0n) is 10.9. The molecule has 0 aliphatic heterocycles. The zero-order chi connectivity index (χ0) is 13.0. The number of ether oxygens (including phenoxy) is 1. The minimum absolute atomic E-state index is 0.567. The molecular weight excluding hydrogens is 220 g/mol. The second-order valence-corrected chi connectivity index (χ2v) is 4.40. The van der Waals surface area contributed by atoms with Gasteiger partial charge in [-0.2, -0.15) is 0 Å². The molecule has 0 aromatic heterocycles. The third-order valence-electron chi connectivity index (χ3n) is 3.27. The highest BCUT2D eigenvalue weighted by Gasteiger charge is 2.34. The van der Waals surface area contributed by atoms with Gasteiger partial charge in [0.05, 0.1) is 0 Å². The van der Waals surface area contributed by atoms with Crippen molar-refractivity contribution in [1.29, 1.82) is 0 Å². The quantitative estimate of drug-likeness (QED) is 0.727. The third kappa shape index (κ3) is 1.98. The van der Waals surface area contributed by atoms with Crippen LogP contribution in [0.25, 0.3) is 0 Å². The van der Waals surface area contributed by atoms with E-state index in [9.17, 15) is 0 Å². The van der Waals surface area contributed by atoms with Gasteiger partial charge in [0.25, 0.3) is 0 Å². The van der Waals surface area contributed by atoms with Gasteiger partial charge >= 0.3 is 0 Å². The predicted octanol–water partition coefficient (Wildman–Crippen LogP) is 4.15. The van der Waals surface area contributed by atoms with Gasteiger partial charge in [0.15, 0.2) is 0 Å². The van der Waals surface area contributed by atoms with Crippen molar-refractivity contribution in [2.24, 2.45) is 0 Å². The second kappa shape index (κ2) is 5.19. The van der Waals surface area contributed by atoms with Gasteiger partial charge in [-0.15, -0.1) is 0 Å². The molecule has 0 aliphatic rings. The summed E-state index contributed by atoms with van der Waals surface area (Å²) < 4.78 is 5.87. The van der Waals surface area contributed by atoms with Crippen LogP contribution >= 0.6 is 0 Å². The molecule has 0 saturated carbocycles. The van der Waals surface area contributed by atoms with Crippen LogP contribution in [0.15, 0.2) is 72.8 Å². The molecular formula is C17H18O. The van der Waals surface area contributed by atoms with Crippen molar-refractivity contribution >= 4 is 0 Å². The topological polar surface area (TPSA) is 9.23 Å². The van der Waals surface area contributed by atoms with E-state index in [1.165, 1.54) is 0 Å². The Balaban J connectivity index is 2.65. The Hall–Kier alpha value is -1.86. The maximum absolute atomic E-state index is 5.87. The Bertz CT molecular complexity index is 474. The van der Waals surface area contributed by atoms with Gasteiger partial charge < -0.3 is 4.74 Å². The SMILES string of the molecule is C=C(C)C(OC)(c1ccccc1)c1ccccc1. The van der Waals surface area contributed by atoms with Crippen LogP contribution < -0.4 is 0 Å². The lowest BCUT2D eigenvalue weighted by molar-refractivity contribution is 0.0552. The fourth-order valence-electron chi connectivity index (χ4n) is 2.42. The summed E-state index contributed by atoms with van der Waals surface area (Å²) in [7, 11) is 1.73. The first-order valence-electron chi connectivity index (χ1n) is 6.04. The second-order valence-electron chi connectivity index (χ2n) is 4.40. The molecule has 0 radical (unpaired) electrons. The van der Waals surface area contributed by atoms with Gasteiger partial charge in [-0.25, -0.2) is 0 Å². The van der Waals surface area contributed by atoms with Crippen LogP contribution in [0, 0.1) is 0 Å². The average molecular weight is 238 g/mol. The fourth-order valence-corrected chi connectivity index (χ4v) is 2.42. The van der Waals surface area contributed by atoms with Gasteiger partial charge in [0, 0.05) is 7.11 Å². The molecule has 2 aromatic rings. The zero-order valence-corrected chi connectivity index (χ0v) is 10.9. The highest BCUT2D eigenvalue weighted by Crippen LogP contribution is 2.38. The smallest absolute Gasteiger partial charge is 0.138 e. The molecule has 0 N–H and O–H groups in total. The third-order valence-corrected chi connectivity index (χ3v) is 3.27. The summed E-state index contributed by atoms with van der Waals surface area (Å²) in [5.41, 5.74) is 2.61. The number of benzene rings is 2. The first kappa shape index (κ1) is 12.6. The highest BCUT2D eigenvalue weighted by atomic mass is 16.5. The van der Waals surface area contributed by atoms with Crippen molar-refractivity contribution in [2.75, 3.05) is 7.11 Å². The minimum atomic E-state index is -0.567. The summed E-state index contributed by atoms with van der Waals surface area (Å²) >= 11 is 0. The molecule has 18 heavy (non-hydrogen) atoms. The van der Waals surface area contributed by atoms with Crippen LogP contribution in [0.4, 0.5) is 0 Å². The fraction of sp³-hybridized carbons (Fsp3) is 0.176. The molecule has 0 atom stereocenters. The Morgan fingerprint density at radius 1 is 0.889 bits per heavy atom. The lowest BCUT2D eigenvalue weighted by Gasteiger charge is -2.34. The molecule has 0 saturated heterocycles. The molecule has 0 unspecified atom stereocenters. The number of hydrogen-bond donors (Lipinski definition) is 0. The van der Waals surface area contributed by atoms with Gasteiger partial charge in [-0.05, 0) is 23.6 Å². The Morgan fingerprint density at radius 2 is 1.28 bits per heavy atom. The molecule has 2 aromatic carbocycles. The van der Waals surface area contributed by atoms with Gasteiger partial charge in [-0.1, -0.05) is 67.2 Å². The van der Waals surface area contributed by atoms with Crippen LogP contribution in [0.5, 0.6) is 0 Å². The number of methoxy groups -OCH3 is 1. The van der Waals surface area contributed by atoms with E-state index < -0.39 is 5.60 Å². The molecule has 0 fully saturated rings. The van der Waals surface area contributed by atoms with Crippen molar-refractivity contribution in [2.45, 2.75) is 12.5 Å². The number of rotatable bonds is 4. The van der Waals surface area contributed by atoms with Crippen LogP contribution in [0.3, 0.4) is 0 Å². The summed E-state index contributed by atoms with van der Waals surface area (Å²) in [6.07, 6.45) is 0. The van der Waals surface area contributed by atoms with Gasteiger partial charge in [0.2, 0.25) is 0 Å². The van der Waals surface area contributed by atoms with Crippen LogP contribution in [-0.2, 0) is 10.3 Å². The Labute approximate surface area is 109 Å². The summed E-state index contributed by atoms with van der Waals surface area (Å²) in [5.74, 6) is 0. The standard InChI is InChI=1S/C17H18O/c1-14(2)17(18-3,15-10-6-4-7-11-15)16-12-8-5-9-13-16/h4-13H,1H2,2-3H3. The van der Waals surface area contributed by atoms with Crippen LogP contribution in [0.1, 0.15) is 18.1 Å². The van der Waals surface area contributed by atoms with Crippen LogP contribution in [0.2, 0.25) is 0 Å². The Kier molecular flexibility index (Phi) is 3.63. The Morgan fingerprint density at radius 3 is 1.56 bits per heavy atom. The van der Waals surface area contributed by atoms with Crippen LogP contribution in [-0.4, -0.2) is 7.11 Å².